The Bertz CT molecular complexity index is 625. The lowest BCUT2D eigenvalue weighted by molar-refractivity contribution is 0.646. The molecule has 0 N–H and O–H groups in total. The standard InChI is InChI=1S/C16H20Cl2N4P2/c1-19(2)23-21(15-9-5-13(17)6-10-15)24(20(3)4)22(23)16-11-7-14(18)8-12-16/h5-12H,1-4H3. The maximum absolute atomic E-state index is 6.06. The molecule has 8 heteroatoms. The number of anilines is 2. The Morgan fingerprint density at radius 2 is 0.917 bits per heavy atom. The molecule has 2 aromatic rings. The SMILES string of the molecule is CN(C)P1N(c2ccc(Cl)cc2)P(N(C)C)N1c1ccc(Cl)cc1. The Morgan fingerprint density at radius 1 is 0.625 bits per heavy atom. The van der Waals surface area contributed by atoms with Crippen molar-refractivity contribution < 1.29 is 0 Å². The highest BCUT2D eigenvalue weighted by atomic mass is 35.5. The van der Waals surface area contributed by atoms with Crippen LogP contribution >= 0.6 is 39.9 Å². The number of benzene rings is 2. The van der Waals surface area contributed by atoms with Gasteiger partial charge in [0.1, 0.15) is 0 Å². The molecule has 4 nitrogen and oxygen atoms in total. The smallest absolute Gasteiger partial charge is 0.189 e. The second-order valence-corrected chi connectivity index (χ2v) is 11.5. The molecule has 0 atom stereocenters. The maximum Gasteiger partial charge on any atom is 0.189 e. The molecule has 0 aliphatic carbocycles. The van der Waals surface area contributed by atoms with Crippen molar-refractivity contribution in [2.45, 2.75) is 0 Å². The highest BCUT2D eigenvalue weighted by molar-refractivity contribution is 7.93. The quantitative estimate of drug-likeness (QED) is 0.592. The summed E-state index contributed by atoms with van der Waals surface area (Å²) in [5.74, 6) is 0. The Morgan fingerprint density at radius 3 is 1.17 bits per heavy atom. The minimum absolute atomic E-state index is 0.626. The second kappa shape index (κ2) is 7.33. The fourth-order valence-electron chi connectivity index (χ4n) is 2.51. The molecule has 0 bridgehead atoms. The van der Waals surface area contributed by atoms with Crippen molar-refractivity contribution in [1.29, 1.82) is 0 Å². The van der Waals surface area contributed by atoms with Crippen molar-refractivity contribution in [3.05, 3.63) is 58.6 Å². The molecule has 1 heterocycles. The van der Waals surface area contributed by atoms with Crippen LogP contribution in [0.5, 0.6) is 0 Å². The fourth-order valence-corrected chi connectivity index (χ4v) is 9.31. The van der Waals surface area contributed by atoms with Gasteiger partial charge in [-0.25, -0.2) is 0 Å². The molecule has 24 heavy (non-hydrogen) atoms. The van der Waals surface area contributed by atoms with E-state index in [9.17, 15) is 0 Å². The summed E-state index contributed by atoms with van der Waals surface area (Å²) in [7, 11) is 7.25. The molecular weight excluding hydrogens is 381 g/mol. The summed E-state index contributed by atoms with van der Waals surface area (Å²) >= 11 is 12.1. The third kappa shape index (κ3) is 3.37. The zero-order chi connectivity index (χ0) is 17.4. The molecule has 0 aromatic heterocycles. The third-order valence-corrected chi connectivity index (χ3v) is 9.64. The number of hydrogen-bond acceptors (Lipinski definition) is 4. The average Bonchev–Trinajstić information content (AvgIpc) is 2.49. The lowest BCUT2D eigenvalue weighted by Gasteiger charge is -2.60. The number of rotatable bonds is 4. The van der Waals surface area contributed by atoms with Crippen LogP contribution in [0.15, 0.2) is 48.5 Å². The molecule has 1 aliphatic heterocycles. The Kier molecular flexibility index (Phi) is 5.56. The monoisotopic (exact) mass is 400 g/mol. The van der Waals surface area contributed by atoms with Crippen molar-refractivity contribution in [2.75, 3.05) is 37.1 Å². The van der Waals surface area contributed by atoms with Crippen molar-refractivity contribution in [3.63, 3.8) is 0 Å². The van der Waals surface area contributed by atoms with Crippen LogP contribution in [0.3, 0.4) is 0 Å². The molecule has 0 unspecified atom stereocenters. The first-order chi connectivity index (χ1) is 11.4. The zero-order valence-corrected chi connectivity index (χ0v) is 17.4. The van der Waals surface area contributed by atoms with E-state index in [-0.39, 0.29) is 0 Å². The van der Waals surface area contributed by atoms with Gasteiger partial charge in [0.05, 0.1) is 0 Å². The Hall–Kier alpha value is -0.600. The summed E-state index contributed by atoms with van der Waals surface area (Å²) in [6.45, 7) is 0. The van der Waals surface area contributed by atoms with Gasteiger partial charge in [0.2, 0.25) is 0 Å². The molecule has 0 amide bonds. The van der Waals surface area contributed by atoms with E-state index in [1.807, 2.05) is 24.3 Å². The predicted octanol–water partition coefficient (Wildman–Crippen LogP) is 5.90. The fraction of sp³-hybridized carbons (Fsp3) is 0.250. The molecule has 0 spiro atoms. The second-order valence-electron chi connectivity index (χ2n) is 5.76. The van der Waals surface area contributed by atoms with Crippen LogP contribution in [0, 0.1) is 0 Å². The normalized spacial score (nSPS) is 20.7. The topological polar surface area (TPSA) is 13.0 Å². The van der Waals surface area contributed by atoms with Gasteiger partial charge >= 0.3 is 0 Å². The summed E-state index contributed by atoms with van der Waals surface area (Å²) < 4.78 is 9.55. The van der Waals surface area contributed by atoms with Gasteiger partial charge < -0.3 is 0 Å². The molecule has 128 valence electrons. The van der Waals surface area contributed by atoms with Crippen molar-refractivity contribution in [1.82, 2.24) is 9.34 Å². The van der Waals surface area contributed by atoms with Crippen LogP contribution in [0.4, 0.5) is 11.4 Å². The Balaban J connectivity index is 1.99. The van der Waals surface area contributed by atoms with Gasteiger partial charge in [0.25, 0.3) is 0 Å². The van der Waals surface area contributed by atoms with Gasteiger partial charge in [-0.3, -0.25) is 18.2 Å². The number of nitrogens with zero attached hydrogens (tertiary/aromatic N) is 4. The van der Waals surface area contributed by atoms with Gasteiger partial charge in [-0.05, 0) is 76.7 Å². The van der Waals surface area contributed by atoms with E-state index in [1.54, 1.807) is 0 Å². The lowest BCUT2D eigenvalue weighted by atomic mass is 10.3. The van der Waals surface area contributed by atoms with Crippen molar-refractivity contribution in [3.8, 4) is 0 Å². The van der Waals surface area contributed by atoms with Gasteiger partial charge in [0.15, 0.2) is 16.7 Å². The van der Waals surface area contributed by atoms with Crippen LogP contribution in [-0.4, -0.2) is 37.5 Å². The average molecular weight is 401 g/mol. The predicted molar refractivity (Wildman–Crippen MR) is 109 cm³/mol. The van der Waals surface area contributed by atoms with Gasteiger partial charge in [0, 0.05) is 21.4 Å². The summed E-state index contributed by atoms with van der Waals surface area (Å²) in [5.41, 5.74) is 2.40. The Labute approximate surface area is 156 Å². The first-order valence-corrected chi connectivity index (χ1v) is 10.6. The summed E-state index contributed by atoms with van der Waals surface area (Å²) in [6.07, 6.45) is 0. The molecular formula is C16H20Cl2N4P2. The van der Waals surface area contributed by atoms with Crippen LogP contribution in [0.25, 0.3) is 0 Å². The molecule has 1 fully saturated rings. The maximum atomic E-state index is 6.06. The van der Waals surface area contributed by atoms with E-state index >= 15 is 0 Å². The van der Waals surface area contributed by atoms with E-state index in [4.69, 9.17) is 23.2 Å². The summed E-state index contributed by atoms with van der Waals surface area (Å²) in [4.78, 5) is 0. The van der Waals surface area contributed by atoms with E-state index in [0.717, 1.165) is 10.0 Å². The zero-order valence-electron chi connectivity index (χ0n) is 14.1. The minimum atomic E-state index is -0.626. The molecule has 0 radical (unpaired) electrons. The van der Waals surface area contributed by atoms with Crippen LogP contribution < -0.4 is 8.88 Å². The molecule has 1 aliphatic rings. The van der Waals surface area contributed by atoms with Crippen molar-refractivity contribution >= 4 is 51.3 Å². The van der Waals surface area contributed by atoms with Gasteiger partial charge in [-0.1, -0.05) is 23.2 Å². The third-order valence-electron chi connectivity index (χ3n) is 3.51. The highest BCUT2D eigenvalue weighted by Crippen LogP contribution is 2.79. The summed E-state index contributed by atoms with van der Waals surface area (Å²) in [5, 5.41) is 1.52. The van der Waals surface area contributed by atoms with Crippen molar-refractivity contribution in [2.24, 2.45) is 0 Å². The van der Waals surface area contributed by atoms with Gasteiger partial charge in [-0.2, -0.15) is 0 Å². The van der Waals surface area contributed by atoms with E-state index in [1.165, 1.54) is 11.4 Å². The number of halogens is 2. The molecule has 3 rings (SSSR count). The summed E-state index contributed by atoms with van der Waals surface area (Å²) in [6, 6.07) is 16.2. The van der Waals surface area contributed by atoms with E-state index in [2.05, 4.69) is 70.7 Å². The van der Waals surface area contributed by atoms with E-state index < -0.39 is 16.7 Å². The van der Waals surface area contributed by atoms with Gasteiger partial charge in [-0.15, -0.1) is 0 Å². The molecule has 1 saturated heterocycles. The highest BCUT2D eigenvalue weighted by Gasteiger charge is 2.51. The number of hydrogen-bond donors (Lipinski definition) is 0. The molecule has 0 saturated carbocycles. The lowest BCUT2D eigenvalue weighted by Crippen LogP contribution is -2.46. The van der Waals surface area contributed by atoms with E-state index in [0.29, 0.717) is 0 Å². The first kappa shape index (κ1) is 18.2. The largest absolute Gasteiger partial charge is 0.269 e. The van der Waals surface area contributed by atoms with Crippen LogP contribution in [0.1, 0.15) is 0 Å². The molecule has 2 aromatic carbocycles. The minimum Gasteiger partial charge on any atom is -0.269 e. The van der Waals surface area contributed by atoms with Crippen LogP contribution in [-0.2, 0) is 0 Å². The first-order valence-electron chi connectivity index (χ1n) is 7.46. The van der Waals surface area contributed by atoms with Crippen LogP contribution in [0.2, 0.25) is 10.0 Å².